The number of nitrogens with zero attached hydrogens (tertiary/aromatic N) is 1. The lowest BCUT2D eigenvalue weighted by atomic mass is 10.1. The molecule has 0 saturated carbocycles. The second kappa shape index (κ2) is 7.93. The number of thiophene rings is 1. The Labute approximate surface area is 177 Å². The van der Waals surface area contributed by atoms with Gasteiger partial charge >= 0.3 is 5.97 Å². The fourth-order valence-corrected chi connectivity index (χ4v) is 4.59. The number of aromatic hydroxyl groups is 2. The molecule has 6 heteroatoms. The van der Waals surface area contributed by atoms with Crippen LogP contribution in [0.3, 0.4) is 0 Å². The summed E-state index contributed by atoms with van der Waals surface area (Å²) in [6.45, 7) is 0. The molecule has 5 nitrogen and oxygen atoms in total. The van der Waals surface area contributed by atoms with Crippen molar-refractivity contribution < 1.29 is 20.1 Å². The van der Waals surface area contributed by atoms with Crippen LogP contribution in [0, 0.1) is 0 Å². The molecule has 0 fully saturated rings. The van der Waals surface area contributed by atoms with Crippen molar-refractivity contribution in [3.05, 3.63) is 78.4 Å². The standard InChI is InChI=1S/C24H19NO4S/c1-25(17-7-2-15(3-8-17)4-13-22(28)29)23-20-12-11-19(27)14-21(20)30-24(23)16-5-9-18(26)10-6-16/h2-14,26-27H,1H3,(H,28,29). The van der Waals surface area contributed by atoms with E-state index in [0.29, 0.717) is 0 Å². The number of phenols is 2. The van der Waals surface area contributed by atoms with Gasteiger partial charge in [-0.2, -0.15) is 0 Å². The number of hydrogen-bond acceptors (Lipinski definition) is 5. The average Bonchev–Trinajstić information content (AvgIpc) is 3.11. The van der Waals surface area contributed by atoms with Crippen LogP contribution >= 0.6 is 11.3 Å². The molecule has 3 aromatic carbocycles. The number of carbonyl (C=O) groups is 1. The molecular formula is C24H19NO4S. The maximum absolute atomic E-state index is 10.7. The van der Waals surface area contributed by atoms with Gasteiger partial charge in [-0.05, 0) is 71.8 Å². The van der Waals surface area contributed by atoms with Gasteiger partial charge in [0.1, 0.15) is 11.5 Å². The minimum Gasteiger partial charge on any atom is -0.508 e. The highest BCUT2D eigenvalue weighted by molar-refractivity contribution is 7.23. The van der Waals surface area contributed by atoms with Crippen molar-refractivity contribution >= 4 is 44.8 Å². The number of carboxylic acid groups (broad SMARTS) is 1. The molecule has 150 valence electrons. The van der Waals surface area contributed by atoms with E-state index in [1.54, 1.807) is 41.7 Å². The molecule has 0 aliphatic carbocycles. The summed E-state index contributed by atoms with van der Waals surface area (Å²) in [5, 5.41) is 29.4. The van der Waals surface area contributed by atoms with Gasteiger partial charge in [-0.25, -0.2) is 4.79 Å². The van der Waals surface area contributed by atoms with Crippen molar-refractivity contribution in [1.82, 2.24) is 0 Å². The number of rotatable bonds is 5. The van der Waals surface area contributed by atoms with Crippen LogP contribution < -0.4 is 4.90 Å². The molecule has 1 aromatic heterocycles. The van der Waals surface area contributed by atoms with E-state index in [0.717, 1.165) is 43.5 Å². The third kappa shape index (κ3) is 3.86. The van der Waals surface area contributed by atoms with Crippen molar-refractivity contribution in [1.29, 1.82) is 0 Å². The van der Waals surface area contributed by atoms with E-state index in [2.05, 4.69) is 4.90 Å². The van der Waals surface area contributed by atoms with Crippen molar-refractivity contribution in [3.63, 3.8) is 0 Å². The minimum atomic E-state index is -0.984. The fraction of sp³-hybridized carbons (Fsp3) is 0.0417. The molecule has 0 saturated heterocycles. The fourth-order valence-electron chi connectivity index (χ4n) is 3.32. The zero-order valence-corrected chi connectivity index (χ0v) is 16.9. The molecule has 0 spiro atoms. The van der Waals surface area contributed by atoms with Gasteiger partial charge in [-0.1, -0.05) is 12.1 Å². The number of benzene rings is 3. The van der Waals surface area contributed by atoms with Crippen LogP contribution in [0.1, 0.15) is 5.56 Å². The Hall–Kier alpha value is -3.77. The lowest BCUT2D eigenvalue weighted by Gasteiger charge is -2.21. The van der Waals surface area contributed by atoms with Crippen molar-refractivity contribution in [2.45, 2.75) is 0 Å². The Bertz CT molecular complexity index is 1240. The van der Waals surface area contributed by atoms with Crippen molar-refractivity contribution in [2.24, 2.45) is 0 Å². The van der Waals surface area contributed by atoms with Gasteiger partial charge in [0.15, 0.2) is 0 Å². The summed E-state index contributed by atoms with van der Waals surface area (Å²) in [5.41, 5.74) is 3.70. The van der Waals surface area contributed by atoms with Gasteiger partial charge < -0.3 is 20.2 Å². The maximum Gasteiger partial charge on any atom is 0.328 e. The Balaban J connectivity index is 1.81. The topological polar surface area (TPSA) is 81.0 Å². The quantitative estimate of drug-likeness (QED) is 0.355. The second-order valence-corrected chi connectivity index (χ2v) is 7.88. The molecule has 3 N–H and O–H groups in total. The normalized spacial score (nSPS) is 11.2. The summed E-state index contributed by atoms with van der Waals surface area (Å²) < 4.78 is 0.959. The van der Waals surface area contributed by atoms with Crippen LogP contribution in [0.25, 0.3) is 26.6 Å². The summed E-state index contributed by atoms with van der Waals surface area (Å²) in [5.74, 6) is -0.565. The number of hydrogen-bond donors (Lipinski definition) is 3. The van der Waals surface area contributed by atoms with Crippen molar-refractivity contribution in [3.8, 4) is 21.9 Å². The molecule has 4 rings (SSSR count). The summed E-state index contributed by atoms with van der Waals surface area (Å²) in [6.07, 6.45) is 2.66. The molecule has 0 unspecified atom stereocenters. The summed E-state index contributed by atoms with van der Waals surface area (Å²) in [7, 11) is 1.97. The van der Waals surface area contributed by atoms with Gasteiger partial charge in [0.25, 0.3) is 0 Å². The molecule has 1 heterocycles. The third-order valence-corrected chi connectivity index (χ3v) is 6.00. The molecule has 0 radical (unpaired) electrons. The van der Waals surface area contributed by atoms with Crippen LogP contribution in [0.5, 0.6) is 11.5 Å². The van der Waals surface area contributed by atoms with Gasteiger partial charge in [-0.3, -0.25) is 0 Å². The van der Waals surface area contributed by atoms with Crippen LogP contribution in [-0.4, -0.2) is 28.3 Å². The maximum atomic E-state index is 10.7. The average molecular weight is 417 g/mol. The highest BCUT2D eigenvalue weighted by Gasteiger charge is 2.19. The van der Waals surface area contributed by atoms with E-state index in [1.807, 2.05) is 49.5 Å². The first-order valence-electron chi connectivity index (χ1n) is 9.22. The first kappa shape index (κ1) is 19.5. The largest absolute Gasteiger partial charge is 0.508 e. The van der Waals surface area contributed by atoms with E-state index >= 15 is 0 Å². The molecule has 0 atom stereocenters. The van der Waals surface area contributed by atoms with Crippen LogP contribution in [0.4, 0.5) is 11.4 Å². The minimum absolute atomic E-state index is 0.206. The molecule has 0 bridgehead atoms. The molecule has 30 heavy (non-hydrogen) atoms. The zero-order valence-electron chi connectivity index (χ0n) is 16.1. The lowest BCUT2D eigenvalue weighted by Crippen LogP contribution is -2.09. The SMILES string of the molecule is CN(c1ccc(C=CC(=O)O)cc1)c1c(-c2ccc(O)cc2)sc2cc(O)ccc12. The number of anilines is 2. The van der Waals surface area contributed by atoms with Crippen LogP contribution in [-0.2, 0) is 4.79 Å². The highest BCUT2D eigenvalue weighted by Crippen LogP contribution is 2.47. The van der Waals surface area contributed by atoms with Gasteiger partial charge in [0.05, 0.1) is 10.6 Å². The Kier molecular flexibility index (Phi) is 5.16. The first-order valence-corrected chi connectivity index (χ1v) is 10.0. The summed E-state index contributed by atoms with van der Waals surface area (Å²) >= 11 is 1.57. The number of aliphatic carboxylic acids is 1. The van der Waals surface area contributed by atoms with Crippen LogP contribution in [0.15, 0.2) is 72.8 Å². The van der Waals surface area contributed by atoms with Crippen LogP contribution in [0.2, 0.25) is 0 Å². The van der Waals surface area contributed by atoms with E-state index in [4.69, 9.17) is 5.11 Å². The third-order valence-electron chi connectivity index (χ3n) is 4.81. The van der Waals surface area contributed by atoms with Gasteiger partial charge in [0, 0.05) is 28.9 Å². The zero-order chi connectivity index (χ0) is 21.3. The van der Waals surface area contributed by atoms with E-state index in [1.165, 1.54) is 0 Å². The lowest BCUT2D eigenvalue weighted by molar-refractivity contribution is -0.131. The smallest absolute Gasteiger partial charge is 0.328 e. The Morgan fingerprint density at radius 1 is 0.933 bits per heavy atom. The molecule has 0 aliphatic heterocycles. The number of fused-ring (bicyclic) bond motifs is 1. The molecule has 0 amide bonds. The van der Waals surface area contributed by atoms with E-state index in [9.17, 15) is 15.0 Å². The van der Waals surface area contributed by atoms with E-state index in [-0.39, 0.29) is 11.5 Å². The van der Waals surface area contributed by atoms with Crippen molar-refractivity contribution in [2.75, 3.05) is 11.9 Å². The summed E-state index contributed by atoms with van der Waals surface area (Å²) in [4.78, 5) is 13.8. The Morgan fingerprint density at radius 3 is 2.27 bits per heavy atom. The highest BCUT2D eigenvalue weighted by atomic mass is 32.1. The molecule has 0 aliphatic rings. The first-order chi connectivity index (χ1) is 14.4. The van der Waals surface area contributed by atoms with Gasteiger partial charge in [-0.15, -0.1) is 11.3 Å². The predicted octanol–water partition coefficient (Wildman–Crippen LogP) is 5.85. The summed E-state index contributed by atoms with van der Waals surface area (Å²) in [6, 6.07) is 20.0. The number of carboxylic acids is 1. The number of phenolic OH excluding ortho intramolecular Hbond substituents is 2. The molecular weight excluding hydrogens is 398 g/mol. The monoisotopic (exact) mass is 417 g/mol. The van der Waals surface area contributed by atoms with E-state index < -0.39 is 5.97 Å². The molecule has 4 aromatic rings. The van der Waals surface area contributed by atoms with Gasteiger partial charge in [0.2, 0.25) is 0 Å². The Morgan fingerprint density at radius 2 is 1.60 bits per heavy atom. The second-order valence-electron chi connectivity index (χ2n) is 6.83. The predicted molar refractivity (Wildman–Crippen MR) is 122 cm³/mol.